The summed E-state index contributed by atoms with van der Waals surface area (Å²) in [5.41, 5.74) is 0.843. The van der Waals surface area contributed by atoms with Crippen molar-refractivity contribution in [1.82, 2.24) is 9.80 Å². The van der Waals surface area contributed by atoms with Crippen molar-refractivity contribution < 1.29 is 14.3 Å². The van der Waals surface area contributed by atoms with Gasteiger partial charge in [-0.2, -0.15) is 0 Å². The molecule has 23 heavy (non-hydrogen) atoms. The second kappa shape index (κ2) is 6.48. The summed E-state index contributed by atoms with van der Waals surface area (Å²) in [6, 6.07) is 7.00. The first kappa shape index (κ1) is 15.6. The van der Waals surface area contributed by atoms with Gasteiger partial charge in [0.1, 0.15) is 11.8 Å². The van der Waals surface area contributed by atoms with Gasteiger partial charge in [0, 0.05) is 31.9 Å². The van der Waals surface area contributed by atoms with E-state index in [1.165, 1.54) is 0 Å². The fraction of sp³-hybridized carbons (Fsp3) is 0.529. The third-order valence-electron chi connectivity index (χ3n) is 4.66. The van der Waals surface area contributed by atoms with E-state index >= 15 is 0 Å². The highest BCUT2D eigenvalue weighted by molar-refractivity contribution is 6.00. The van der Waals surface area contributed by atoms with Gasteiger partial charge in [-0.25, -0.2) is 4.79 Å². The lowest BCUT2D eigenvalue weighted by Crippen LogP contribution is -2.60. The van der Waals surface area contributed by atoms with Crippen LogP contribution >= 0.6 is 0 Å². The van der Waals surface area contributed by atoms with E-state index in [9.17, 15) is 9.59 Å². The second-order valence-electron chi connectivity index (χ2n) is 6.03. The molecule has 0 bridgehead atoms. The molecule has 2 fully saturated rings. The molecule has 1 unspecified atom stereocenters. The number of amides is 3. The normalized spacial score (nSPS) is 21.7. The molecule has 1 atom stereocenters. The fourth-order valence-corrected chi connectivity index (χ4v) is 3.24. The van der Waals surface area contributed by atoms with E-state index in [-0.39, 0.29) is 11.9 Å². The maximum Gasteiger partial charge on any atom is 0.320 e. The molecule has 0 aliphatic carbocycles. The highest BCUT2D eigenvalue weighted by Gasteiger charge is 2.37. The van der Waals surface area contributed by atoms with Gasteiger partial charge >= 0.3 is 6.03 Å². The summed E-state index contributed by atoms with van der Waals surface area (Å²) in [7, 11) is 1.62. The number of piperazine rings is 1. The van der Waals surface area contributed by atoms with E-state index in [1.54, 1.807) is 16.9 Å². The number of carbonyl (C=O) groups excluding carboxylic acids is 2. The summed E-state index contributed by atoms with van der Waals surface area (Å²) in [6.45, 7) is 4.51. The van der Waals surface area contributed by atoms with Gasteiger partial charge in [0.2, 0.25) is 5.91 Å². The fourth-order valence-electron chi connectivity index (χ4n) is 3.24. The van der Waals surface area contributed by atoms with Crippen LogP contribution in [-0.4, -0.2) is 61.1 Å². The molecular formula is C17H23N3O3. The van der Waals surface area contributed by atoms with Crippen molar-refractivity contribution in [2.75, 3.05) is 38.2 Å². The quantitative estimate of drug-likeness (QED) is 0.838. The summed E-state index contributed by atoms with van der Waals surface area (Å²) in [6.07, 6.45) is 2.11. The van der Waals surface area contributed by atoms with E-state index < -0.39 is 6.04 Å². The van der Waals surface area contributed by atoms with Crippen molar-refractivity contribution in [3.05, 3.63) is 24.3 Å². The molecule has 124 valence electrons. The minimum absolute atomic E-state index is 0.00210. The summed E-state index contributed by atoms with van der Waals surface area (Å²) >= 11 is 0. The van der Waals surface area contributed by atoms with Crippen molar-refractivity contribution in [1.29, 1.82) is 0 Å². The average molecular weight is 317 g/mol. The Bertz CT molecular complexity index is 581. The molecule has 3 amide bonds. The van der Waals surface area contributed by atoms with Crippen LogP contribution in [0.4, 0.5) is 10.5 Å². The Morgan fingerprint density at radius 2 is 1.74 bits per heavy atom. The zero-order valence-corrected chi connectivity index (χ0v) is 13.7. The summed E-state index contributed by atoms with van der Waals surface area (Å²) < 4.78 is 5.15. The molecule has 1 aromatic rings. The molecule has 0 radical (unpaired) electrons. The van der Waals surface area contributed by atoms with Crippen molar-refractivity contribution in [2.24, 2.45) is 0 Å². The number of ether oxygens (including phenoxy) is 1. The largest absolute Gasteiger partial charge is 0.497 e. The van der Waals surface area contributed by atoms with Crippen LogP contribution in [0.25, 0.3) is 0 Å². The number of benzene rings is 1. The summed E-state index contributed by atoms with van der Waals surface area (Å²) in [4.78, 5) is 30.5. The number of methoxy groups -OCH3 is 1. The van der Waals surface area contributed by atoms with Crippen LogP contribution in [-0.2, 0) is 4.79 Å². The van der Waals surface area contributed by atoms with E-state index in [0.717, 1.165) is 37.4 Å². The zero-order chi connectivity index (χ0) is 16.4. The van der Waals surface area contributed by atoms with Gasteiger partial charge in [-0.05, 0) is 44.0 Å². The van der Waals surface area contributed by atoms with Gasteiger partial charge in [0.05, 0.1) is 7.11 Å². The van der Waals surface area contributed by atoms with Gasteiger partial charge in [0.15, 0.2) is 0 Å². The minimum atomic E-state index is -0.432. The number of rotatable bonds is 2. The topological polar surface area (TPSA) is 53.1 Å². The standard InChI is InChI=1S/C17H23N3O3/c1-13-16(21)20(14-5-7-15(23-2)8-6-14)12-11-19(13)17(22)18-9-3-4-10-18/h5-8,13H,3-4,9-12H2,1-2H3. The number of hydrogen-bond acceptors (Lipinski definition) is 3. The van der Waals surface area contributed by atoms with Gasteiger partial charge < -0.3 is 19.4 Å². The molecule has 2 aliphatic rings. The maximum absolute atomic E-state index is 12.7. The Morgan fingerprint density at radius 3 is 2.35 bits per heavy atom. The first-order valence-corrected chi connectivity index (χ1v) is 8.13. The Hall–Kier alpha value is -2.24. The summed E-state index contributed by atoms with van der Waals surface area (Å²) in [5, 5.41) is 0. The van der Waals surface area contributed by atoms with E-state index in [4.69, 9.17) is 4.74 Å². The molecular weight excluding hydrogens is 294 g/mol. The van der Waals surface area contributed by atoms with Gasteiger partial charge in [0.25, 0.3) is 0 Å². The Balaban J connectivity index is 1.71. The molecule has 0 spiro atoms. The molecule has 6 heteroatoms. The molecule has 2 saturated heterocycles. The molecule has 0 aromatic heterocycles. The number of urea groups is 1. The van der Waals surface area contributed by atoms with Crippen molar-refractivity contribution in [3.63, 3.8) is 0 Å². The lowest BCUT2D eigenvalue weighted by molar-refractivity contribution is -0.124. The lowest BCUT2D eigenvalue weighted by Gasteiger charge is -2.40. The third kappa shape index (κ3) is 2.98. The minimum Gasteiger partial charge on any atom is -0.497 e. The lowest BCUT2D eigenvalue weighted by atomic mass is 10.1. The van der Waals surface area contributed by atoms with Crippen LogP contribution in [0.3, 0.4) is 0 Å². The van der Waals surface area contributed by atoms with Crippen LogP contribution in [0.5, 0.6) is 5.75 Å². The number of hydrogen-bond donors (Lipinski definition) is 0. The van der Waals surface area contributed by atoms with Crippen molar-refractivity contribution in [3.8, 4) is 5.75 Å². The maximum atomic E-state index is 12.7. The van der Waals surface area contributed by atoms with Crippen molar-refractivity contribution in [2.45, 2.75) is 25.8 Å². The number of carbonyl (C=O) groups is 2. The molecule has 0 saturated carbocycles. The van der Waals surface area contributed by atoms with E-state index in [0.29, 0.717) is 13.1 Å². The van der Waals surface area contributed by atoms with Gasteiger partial charge in [-0.3, -0.25) is 4.79 Å². The van der Waals surface area contributed by atoms with Crippen LogP contribution < -0.4 is 9.64 Å². The van der Waals surface area contributed by atoms with E-state index in [1.807, 2.05) is 36.1 Å². The Labute approximate surface area is 136 Å². The molecule has 1 aromatic carbocycles. The molecule has 2 heterocycles. The zero-order valence-electron chi connectivity index (χ0n) is 13.7. The van der Waals surface area contributed by atoms with Gasteiger partial charge in [-0.15, -0.1) is 0 Å². The third-order valence-corrected chi connectivity index (χ3v) is 4.66. The summed E-state index contributed by atoms with van der Waals surface area (Å²) in [5.74, 6) is 0.728. The first-order chi connectivity index (χ1) is 11.1. The molecule has 3 rings (SSSR count). The predicted molar refractivity (Wildman–Crippen MR) is 87.7 cm³/mol. The van der Waals surface area contributed by atoms with Crippen LogP contribution in [0.2, 0.25) is 0 Å². The first-order valence-electron chi connectivity index (χ1n) is 8.13. The highest BCUT2D eigenvalue weighted by atomic mass is 16.5. The monoisotopic (exact) mass is 317 g/mol. The highest BCUT2D eigenvalue weighted by Crippen LogP contribution is 2.24. The Morgan fingerprint density at radius 1 is 1.09 bits per heavy atom. The van der Waals surface area contributed by atoms with Crippen LogP contribution in [0.1, 0.15) is 19.8 Å². The van der Waals surface area contributed by atoms with Crippen LogP contribution in [0, 0.1) is 0 Å². The molecule has 2 aliphatic heterocycles. The van der Waals surface area contributed by atoms with Crippen molar-refractivity contribution >= 4 is 17.6 Å². The van der Waals surface area contributed by atoms with Gasteiger partial charge in [-0.1, -0.05) is 0 Å². The number of anilines is 1. The predicted octanol–water partition coefficient (Wildman–Crippen LogP) is 1.95. The number of nitrogens with zero attached hydrogens (tertiary/aromatic N) is 3. The molecule has 0 N–H and O–H groups in total. The van der Waals surface area contributed by atoms with E-state index in [2.05, 4.69) is 0 Å². The molecule has 6 nitrogen and oxygen atoms in total. The smallest absolute Gasteiger partial charge is 0.320 e. The average Bonchev–Trinajstić information content (AvgIpc) is 3.11. The SMILES string of the molecule is COc1ccc(N2CCN(C(=O)N3CCCC3)C(C)C2=O)cc1. The second-order valence-corrected chi connectivity index (χ2v) is 6.03. The number of likely N-dealkylation sites (tertiary alicyclic amines) is 1. The Kier molecular flexibility index (Phi) is 4.41. The van der Waals surface area contributed by atoms with Crippen LogP contribution in [0.15, 0.2) is 24.3 Å².